The molecule has 0 saturated carbocycles. The molecule has 1 fully saturated rings. The third kappa shape index (κ3) is 8.03. The van der Waals surface area contributed by atoms with Gasteiger partial charge in [-0.2, -0.15) is 0 Å². The predicted molar refractivity (Wildman–Crippen MR) is 124 cm³/mol. The van der Waals surface area contributed by atoms with Crippen LogP contribution in [-0.2, 0) is 29.2 Å². The largest absolute Gasteiger partial charge is 0.379 e. The van der Waals surface area contributed by atoms with E-state index in [-0.39, 0.29) is 5.91 Å². The van der Waals surface area contributed by atoms with Gasteiger partial charge in [0.25, 0.3) is 0 Å². The third-order valence-electron chi connectivity index (χ3n) is 5.26. The minimum absolute atomic E-state index is 0.0164. The van der Waals surface area contributed by atoms with Crippen molar-refractivity contribution in [3.8, 4) is 0 Å². The van der Waals surface area contributed by atoms with E-state index in [4.69, 9.17) is 4.74 Å². The SMILES string of the molecule is CN=C(NCCC(=O)NCc1ccccc1)NCc1ccccc1CN1CCOCC1. The number of guanidine groups is 1. The van der Waals surface area contributed by atoms with Gasteiger partial charge in [-0.3, -0.25) is 14.7 Å². The van der Waals surface area contributed by atoms with E-state index >= 15 is 0 Å². The van der Waals surface area contributed by atoms with E-state index in [1.165, 1.54) is 11.1 Å². The Bertz CT molecular complexity index is 835. The summed E-state index contributed by atoms with van der Waals surface area (Å²) in [4.78, 5) is 18.8. The van der Waals surface area contributed by atoms with Crippen LogP contribution in [0.4, 0.5) is 0 Å². The second-order valence-electron chi connectivity index (χ2n) is 7.52. The number of amides is 1. The maximum atomic E-state index is 12.1. The monoisotopic (exact) mass is 423 g/mol. The maximum Gasteiger partial charge on any atom is 0.222 e. The zero-order chi connectivity index (χ0) is 21.7. The van der Waals surface area contributed by atoms with Crippen LogP contribution in [0.1, 0.15) is 23.1 Å². The summed E-state index contributed by atoms with van der Waals surface area (Å²) in [6.07, 6.45) is 0.390. The third-order valence-corrected chi connectivity index (χ3v) is 5.26. The van der Waals surface area contributed by atoms with Gasteiger partial charge in [0.1, 0.15) is 0 Å². The van der Waals surface area contributed by atoms with Gasteiger partial charge >= 0.3 is 0 Å². The van der Waals surface area contributed by atoms with Crippen molar-refractivity contribution in [1.29, 1.82) is 0 Å². The van der Waals surface area contributed by atoms with Gasteiger partial charge in [-0.1, -0.05) is 54.6 Å². The molecule has 2 aromatic carbocycles. The molecule has 0 aromatic heterocycles. The Morgan fingerprint density at radius 3 is 2.39 bits per heavy atom. The summed E-state index contributed by atoms with van der Waals surface area (Å²) < 4.78 is 5.45. The number of rotatable bonds is 9. The van der Waals surface area contributed by atoms with Crippen LogP contribution in [0, 0.1) is 0 Å². The fourth-order valence-corrected chi connectivity index (χ4v) is 3.46. The van der Waals surface area contributed by atoms with Crippen molar-refractivity contribution >= 4 is 11.9 Å². The highest BCUT2D eigenvalue weighted by atomic mass is 16.5. The Balaban J connectivity index is 1.39. The number of hydrogen-bond acceptors (Lipinski definition) is 4. The number of carbonyl (C=O) groups excluding carboxylic acids is 1. The number of aliphatic imine (C=N–C) groups is 1. The number of nitrogens with one attached hydrogen (secondary N) is 3. The van der Waals surface area contributed by atoms with Crippen molar-refractivity contribution in [1.82, 2.24) is 20.9 Å². The van der Waals surface area contributed by atoms with Crippen molar-refractivity contribution in [3.05, 3.63) is 71.3 Å². The molecule has 1 amide bonds. The summed E-state index contributed by atoms with van der Waals surface area (Å²) in [7, 11) is 1.74. The van der Waals surface area contributed by atoms with Crippen LogP contribution in [0.5, 0.6) is 0 Å². The molecule has 0 radical (unpaired) electrons. The first kappa shape index (κ1) is 22.8. The highest BCUT2D eigenvalue weighted by Gasteiger charge is 2.13. The Morgan fingerprint density at radius 2 is 1.65 bits per heavy atom. The molecule has 1 heterocycles. The lowest BCUT2D eigenvalue weighted by Crippen LogP contribution is -2.39. The second kappa shape index (κ2) is 12.7. The fourth-order valence-electron chi connectivity index (χ4n) is 3.46. The zero-order valence-electron chi connectivity index (χ0n) is 18.3. The van der Waals surface area contributed by atoms with Crippen LogP contribution in [0.3, 0.4) is 0 Å². The molecule has 0 bridgehead atoms. The second-order valence-corrected chi connectivity index (χ2v) is 7.52. The van der Waals surface area contributed by atoms with Gasteiger partial charge in [0.05, 0.1) is 13.2 Å². The molecule has 0 spiro atoms. The molecule has 0 atom stereocenters. The number of hydrogen-bond donors (Lipinski definition) is 3. The standard InChI is InChI=1S/C24H33N5O2/c1-25-24(26-12-11-23(30)27-17-20-7-3-2-4-8-20)28-18-21-9-5-6-10-22(21)19-29-13-15-31-16-14-29/h2-10H,11-19H2,1H3,(H,27,30)(H2,25,26,28). The summed E-state index contributed by atoms with van der Waals surface area (Å²) >= 11 is 0. The number of ether oxygens (including phenoxy) is 1. The van der Waals surface area contributed by atoms with Crippen molar-refractivity contribution in [2.24, 2.45) is 4.99 Å². The van der Waals surface area contributed by atoms with Crippen LogP contribution >= 0.6 is 0 Å². The molecule has 166 valence electrons. The Kier molecular flexibility index (Phi) is 9.34. The first-order valence-electron chi connectivity index (χ1n) is 10.9. The van der Waals surface area contributed by atoms with Gasteiger partial charge in [0.15, 0.2) is 5.96 Å². The summed E-state index contributed by atoms with van der Waals surface area (Å²) in [5.74, 6) is 0.708. The van der Waals surface area contributed by atoms with Crippen LogP contribution < -0.4 is 16.0 Å². The molecular weight excluding hydrogens is 390 g/mol. The Hall–Kier alpha value is -2.90. The minimum Gasteiger partial charge on any atom is -0.379 e. The fraction of sp³-hybridized carbons (Fsp3) is 0.417. The molecule has 7 heteroatoms. The summed E-state index contributed by atoms with van der Waals surface area (Å²) in [5, 5.41) is 9.52. The summed E-state index contributed by atoms with van der Waals surface area (Å²) in [6, 6.07) is 18.4. The average Bonchev–Trinajstić information content (AvgIpc) is 2.82. The van der Waals surface area contributed by atoms with Gasteiger partial charge in [-0.05, 0) is 16.7 Å². The van der Waals surface area contributed by atoms with Crippen LogP contribution in [0.15, 0.2) is 59.6 Å². The molecule has 31 heavy (non-hydrogen) atoms. The van der Waals surface area contributed by atoms with E-state index in [9.17, 15) is 4.79 Å². The average molecular weight is 424 g/mol. The summed E-state index contributed by atoms with van der Waals surface area (Å²) in [5.41, 5.74) is 3.65. The number of nitrogens with zero attached hydrogens (tertiary/aromatic N) is 2. The molecule has 0 aliphatic carbocycles. The van der Waals surface area contributed by atoms with E-state index in [0.717, 1.165) is 38.4 Å². The number of morpholine rings is 1. The molecular formula is C24H33N5O2. The molecule has 7 nitrogen and oxygen atoms in total. The Labute approximate surface area is 184 Å². The van der Waals surface area contributed by atoms with Crippen molar-refractivity contribution in [2.45, 2.75) is 26.1 Å². The van der Waals surface area contributed by atoms with Gasteiger partial charge in [0, 0.05) is 52.7 Å². The van der Waals surface area contributed by atoms with Crippen molar-refractivity contribution in [2.75, 3.05) is 39.9 Å². The molecule has 3 rings (SSSR count). The minimum atomic E-state index is 0.0164. The lowest BCUT2D eigenvalue weighted by atomic mass is 10.1. The molecule has 1 aliphatic heterocycles. The first-order valence-corrected chi connectivity index (χ1v) is 10.9. The van der Waals surface area contributed by atoms with E-state index < -0.39 is 0 Å². The summed E-state index contributed by atoms with van der Waals surface area (Å²) in [6.45, 7) is 6.22. The molecule has 0 unspecified atom stereocenters. The normalized spacial score (nSPS) is 14.8. The van der Waals surface area contributed by atoms with Crippen LogP contribution in [0.25, 0.3) is 0 Å². The van der Waals surface area contributed by atoms with Crippen molar-refractivity contribution < 1.29 is 9.53 Å². The van der Waals surface area contributed by atoms with E-state index in [2.05, 4.69) is 50.1 Å². The molecule has 3 N–H and O–H groups in total. The molecule has 1 saturated heterocycles. The van der Waals surface area contributed by atoms with E-state index in [1.54, 1.807) is 7.05 Å². The molecule has 2 aromatic rings. The lowest BCUT2D eigenvalue weighted by Gasteiger charge is -2.27. The number of carbonyl (C=O) groups is 1. The highest BCUT2D eigenvalue weighted by Crippen LogP contribution is 2.13. The lowest BCUT2D eigenvalue weighted by molar-refractivity contribution is -0.121. The van der Waals surface area contributed by atoms with E-state index in [1.807, 2.05) is 30.3 Å². The first-order chi connectivity index (χ1) is 15.2. The molecule has 1 aliphatic rings. The van der Waals surface area contributed by atoms with Crippen LogP contribution in [0.2, 0.25) is 0 Å². The van der Waals surface area contributed by atoms with Gasteiger partial charge in [0.2, 0.25) is 5.91 Å². The van der Waals surface area contributed by atoms with E-state index in [0.29, 0.717) is 32.0 Å². The zero-order valence-corrected chi connectivity index (χ0v) is 18.3. The van der Waals surface area contributed by atoms with Gasteiger partial charge < -0.3 is 20.7 Å². The predicted octanol–water partition coefficient (Wildman–Crippen LogP) is 1.89. The van der Waals surface area contributed by atoms with Crippen LogP contribution in [-0.4, -0.2) is 56.7 Å². The Morgan fingerprint density at radius 1 is 0.935 bits per heavy atom. The quantitative estimate of drug-likeness (QED) is 0.424. The highest BCUT2D eigenvalue weighted by molar-refractivity contribution is 5.81. The maximum absolute atomic E-state index is 12.1. The van der Waals surface area contributed by atoms with Gasteiger partial charge in [-0.15, -0.1) is 0 Å². The topological polar surface area (TPSA) is 78.0 Å². The number of benzene rings is 2. The smallest absolute Gasteiger partial charge is 0.222 e. The van der Waals surface area contributed by atoms with Crippen molar-refractivity contribution in [3.63, 3.8) is 0 Å². The van der Waals surface area contributed by atoms with Gasteiger partial charge in [-0.25, -0.2) is 0 Å².